The minimum absolute atomic E-state index is 0.0417. The number of carbonyl (C=O) groups is 3. The highest BCUT2D eigenvalue weighted by molar-refractivity contribution is 5.86. The molecule has 0 radical (unpaired) electrons. The molecule has 9 nitrogen and oxygen atoms in total. The number of carbonyl (C=O) groups excluding carboxylic acids is 3. The normalized spacial score (nSPS) is 22.6. The molecule has 2 atom stereocenters. The lowest BCUT2D eigenvalue weighted by Gasteiger charge is -2.33. The van der Waals surface area contributed by atoms with Gasteiger partial charge >= 0.3 is 6.03 Å². The maximum atomic E-state index is 12.3. The Morgan fingerprint density at radius 1 is 1.00 bits per heavy atom. The van der Waals surface area contributed by atoms with Crippen molar-refractivity contribution >= 4 is 17.8 Å². The van der Waals surface area contributed by atoms with Crippen LogP contribution in [0.4, 0.5) is 4.79 Å². The SMILES string of the molecule is CN(C)C(=O)N1CCC(C(=O)NNC(=O)C2CC(c3ccccc3)NN2)CC1. The molecular formula is C19H28N6O3. The molecular weight excluding hydrogens is 360 g/mol. The first-order valence-corrected chi connectivity index (χ1v) is 9.57. The summed E-state index contributed by atoms with van der Waals surface area (Å²) in [6.45, 7) is 1.08. The molecule has 0 spiro atoms. The number of amides is 4. The first-order chi connectivity index (χ1) is 13.5. The number of nitrogens with zero attached hydrogens (tertiary/aromatic N) is 2. The Hall–Kier alpha value is -2.65. The number of hydrogen-bond acceptors (Lipinski definition) is 5. The molecule has 2 aliphatic heterocycles. The minimum Gasteiger partial charge on any atom is -0.331 e. The molecule has 3 rings (SSSR count). The van der Waals surface area contributed by atoms with Crippen LogP contribution in [0.1, 0.15) is 30.9 Å². The van der Waals surface area contributed by atoms with Crippen molar-refractivity contribution in [1.29, 1.82) is 0 Å². The van der Waals surface area contributed by atoms with E-state index < -0.39 is 6.04 Å². The van der Waals surface area contributed by atoms with Gasteiger partial charge in [-0.1, -0.05) is 30.3 Å². The van der Waals surface area contributed by atoms with E-state index in [0.717, 1.165) is 5.56 Å². The summed E-state index contributed by atoms with van der Waals surface area (Å²) in [4.78, 5) is 39.9. The summed E-state index contributed by atoms with van der Waals surface area (Å²) in [5.74, 6) is -0.700. The molecule has 0 aliphatic carbocycles. The van der Waals surface area contributed by atoms with Gasteiger partial charge in [-0.25, -0.2) is 15.6 Å². The third-order valence-electron chi connectivity index (χ3n) is 5.25. The number of urea groups is 1. The van der Waals surface area contributed by atoms with Crippen LogP contribution in [0.3, 0.4) is 0 Å². The van der Waals surface area contributed by atoms with Crippen molar-refractivity contribution in [3.8, 4) is 0 Å². The van der Waals surface area contributed by atoms with Gasteiger partial charge < -0.3 is 9.80 Å². The highest BCUT2D eigenvalue weighted by Gasteiger charge is 2.31. The molecule has 2 heterocycles. The van der Waals surface area contributed by atoms with Crippen molar-refractivity contribution in [2.24, 2.45) is 5.92 Å². The molecule has 28 heavy (non-hydrogen) atoms. The fourth-order valence-electron chi connectivity index (χ4n) is 3.56. The third kappa shape index (κ3) is 4.79. The Morgan fingerprint density at radius 3 is 2.29 bits per heavy atom. The number of likely N-dealkylation sites (tertiary alicyclic amines) is 1. The molecule has 2 unspecified atom stereocenters. The lowest BCUT2D eigenvalue weighted by molar-refractivity contribution is -0.132. The first kappa shape index (κ1) is 20.1. The molecule has 0 bridgehead atoms. The van der Waals surface area contributed by atoms with Gasteiger partial charge in [0, 0.05) is 39.1 Å². The minimum atomic E-state index is -0.426. The number of piperidine rings is 1. The van der Waals surface area contributed by atoms with E-state index in [0.29, 0.717) is 32.4 Å². The van der Waals surface area contributed by atoms with E-state index in [2.05, 4.69) is 21.7 Å². The standard InChI is InChI=1S/C19H28N6O3/c1-24(2)19(28)25-10-8-14(9-11-25)17(26)22-23-18(27)16-12-15(20-21-16)13-6-4-3-5-7-13/h3-7,14-16,20-21H,8-12H2,1-2H3,(H,22,26)(H,23,27). The Balaban J connectivity index is 1.40. The van der Waals surface area contributed by atoms with Crippen LogP contribution in [0.5, 0.6) is 0 Å². The topological polar surface area (TPSA) is 106 Å². The molecule has 2 fully saturated rings. The monoisotopic (exact) mass is 388 g/mol. The third-order valence-corrected chi connectivity index (χ3v) is 5.25. The number of hydrogen-bond donors (Lipinski definition) is 4. The van der Waals surface area contributed by atoms with Crippen LogP contribution in [0.25, 0.3) is 0 Å². The Labute approximate surface area is 164 Å². The van der Waals surface area contributed by atoms with Gasteiger partial charge in [0.2, 0.25) is 5.91 Å². The largest absolute Gasteiger partial charge is 0.331 e. The Bertz CT molecular complexity index is 703. The van der Waals surface area contributed by atoms with Gasteiger partial charge in [0.05, 0.1) is 0 Å². The Kier molecular flexibility index (Phi) is 6.48. The molecule has 0 saturated carbocycles. The quantitative estimate of drug-likeness (QED) is 0.551. The lowest BCUT2D eigenvalue weighted by Crippen LogP contribution is -2.53. The first-order valence-electron chi connectivity index (χ1n) is 9.57. The van der Waals surface area contributed by atoms with Crippen LogP contribution in [0.2, 0.25) is 0 Å². The van der Waals surface area contributed by atoms with E-state index in [4.69, 9.17) is 0 Å². The molecule has 4 N–H and O–H groups in total. The van der Waals surface area contributed by atoms with E-state index in [1.807, 2.05) is 30.3 Å². The van der Waals surface area contributed by atoms with Gasteiger partial charge in [0.15, 0.2) is 0 Å². The summed E-state index contributed by atoms with van der Waals surface area (Å²) in [6.07, 6.45) is 1.76. The molecule has 152 valence electrons. The summed E-state index contributed by atoms with van der Waals surface area (Å²) in [5, 5.41) is 0. The van der Waals surface area contributed by atoms with Crippen molar-refractivity contribution in [2.75, 3.05) is 27.2 Å². The van der Waals surface area contributed by atoms with Gasteiger partial charge in [-0.15, -0.1) is 0 Å². The maximum absolute atomic E-state index is 12.3. The summed E-state index contributed by atoms with van der Waals surface area (Å²) in [6, 6.07) is 9.47. The van der Waals surface area contributed by atoms with Crippen LogP contribution in [-0.2, 0) is 9.59 Å². The second-order valence-corrected chi connectivity index (χ2v) is 7.46. The van der Waals surface area contributed by atoms with Gasteiger partial charge in [0.1, 0.15) is 6.04 Å². The number of nitrogens with one attached hydrogen (secondary N) is 4. The van der Waals surface area contributed by atoms with Crippen molar-refractivity contribution in [2.45, 2.75) is 31.3 Å². The Morgan fingerprint density at radius 2 is 1.64 bits per heavy atom. The molecule has 4 amide bonds. The highest BCUT2D eigenvalue weighted by Crippen LogP contribution is 2.22. The second kappa shape index (κ2) is 9.03. The van der Waals surface area contributed by atoms with E-state index in [1.165, 1.54) is 4.90 Å². The lowest BCUT2D eigenvalue weighted by atomic mass is 9.96. The smallest absolute Gasteiger partial charge is 0.319 e. The van der Waals surface area contributed by atoms with E-state index in [1.54, 1.807) is 19.0 Å². The average Bonchev–Trinajstić information content (AvgIpc) is 3.22. The highest BCUT2D eigenvalue weighted by atomic mass is 16.2. The second-order valence-electron chi connectivity index (χ2n) is 7.46. The molecule has 1 aromatic carbocycles. The predicted molar refractivity (Wildman–Crippen MR) is 104 cm³/mol. The number of rotatable bonds is 3. The maximum Gasteiger partial charge on any atom is 0.319 e. The van der Waals surface area contributed by atoms with Crippen LogP contribution >= 0.6 is 0 Å². The average molecular weight is 388 g/mol. The number of hydrazine groups is 2. The summed E-state index contributed by atoms with van der Waals surface area (Å²) in [5.41, 5.74) is 12.2. The van der Waals surface area contributed by atoms with Gasteiger partial charge in [-0.3, -0.25) is 20.4 Å². The van der Waals surface area contributed by atoms with Crippen LogP contribution in [0.15, 0.2) is 30.3 Å². The predicted octanol–water partition coefficient (Wildman–Crippen LogP) is 0.135. The van der Waals surface area contributed by atoms with Crippen LogP contribution < -0.4 is 21.7 Å². The molecule has 2 saturated heterocycles. The van der Waals surface area contributed by atoms with E-state index in [9.17, 15) is 14.4 Å². The zero-order valence-electron chi connectivity index (χ0n) is 16.3. The van der Waals surface area contributed by atoms with Gasteiger partial charge in [0.25, 0.3) is 5.91 Å². The zero-order chi connectivity index (χ0) is 20.1. The van der Waals surface area contributed by atoms with Crippen LogP contribution in [-0.4, -0.2) is 60.9 Å². The van der Waals surface area contributed by atoms with Crippen molar-refractivity contribution in [1.82, 2.24) is 31.5 Å². The summed E-state index contributed by atoms with van der Waals surface area (Å²) < 4.78 is 0. The van der Waals surface area contributed by atoms with Crippen molar-refractivity contribution < 1.29 is 14.4 Å². The van der Waals surface area contributed by atoms with Crippen LogP contribution in [0, 0.1) is 5.92 Å². The van der Waals surface area contributed by atoms with Gasteiger partial charge in [-0.2, -0.15) is 0 Å². The molecule has 0 aromatic heterocycles. The van der Waals surface area contributed by atoms with Crippen molar-refractivity contribution in [3.63, 3.8) is 0 Å². The molecule has 1 aromatic rings. The van der Waals surface area contributed by atoms with E-state index in [-0.39, 0.29) is 29.8 Å². The zero-order valence-corrected chi connectivity index (χ0v) is 16.3. The summed E-state index contributed by atoms with van der Waals surface area (Å²) >= 11 is 0. The van der Waals surface area contributed by atoms with Crippen molar-refractivity contribution in [3.05, 3.63) is 35.9 Å². The van der Waals surface area contributed by atoms with E-state index >= 15 is 0 Å². The molecule has 9 heteroatoms. The fraction of sp³-hybridized carbons (Fsp3) is 0.526. The van der Waals surface area contributed by atoms with Gasteiger partial charge in [-0.05, 0) is 24.8 Å². The number of benzene rings is 1. The fourth-order valence-corrected chi connectivity index (χ4v) is 3.56. The molecule has 2 aliphatic rings. The summed E-state index contributed by atoms with van der Waals surface area (Å²) in [7, 11) is 3.43.